The van der Waals surface area contributed by atoms with Crippen LogP contribution in [-0.4, -0.2) is 28.8 Å². The number of hydrogen-bond acceptors (Lipinski definition) is 4. The number of hydrazone groups is 1. The number of quaternary nitrogens is 1. The molecule has 2 heterocycles. The molecule has 0 bridgehead atoms. The van der Waals surface area contributed by atoms with Gasteiger partial charge in [0.25, 0.3) is 0 Å². The Labute approximate surface area is 126 Å². The van der Waals surface area contributed by atoms with Crippen molar-refractivity contribution in [3.05, 3.63) is 29.2 Å². The molecule has 3 rings (SSSR count). The third-order valence-corrected chi connectivity index (χ3v) is 4.16. The molecule has 0 saturated carbocycles. The van der Waals surface area contributed by atoms with Gasteiger partial charge in [-0.05, 0) is 32.8 Å². The molecule has 5 heteroatoms. The van der Waals surface area contributed by atoms with E-state index in [0.29, 0.717) is 5.95 Å². The minimum absolute atomic E-state index is 0.592. The Bertz CT molecular complexity index is 550. The van der Waals surface area contributed by atoms with Gasteiger partial charge in [-0.2, -0.15) is 5.10 Å². The summed E-state index contributed by atoms with van der Waals surface area (Å²) in [6.45, 7) is 6.52. The molecule has 1 saturated heterocycles. The van der Waals surface area contributed by atoms with Gasteiger partial charge in [0.2, 0.25) is 5.95 Å². The van der Waals surface area contributed by atoms with Crippen LogP contribution in [0.2, 0.25) is 0 Å². The summed E-state index contributed by atoms with van der Waals surface area (Å²) in [5.74, 6) is 0.592. The van der Waals surface area contributed by atoms with Gasteiger partial charge >= 0.3 is 0 Å². The fourth-order valence-corrected chi connectivity index (χ4v) is 3.19. The van der Waals surface area contributed by atoms with Crippen molar-refractivity contribution < 1.29 is 4.90 Å². The Morgan fingerprint density at radius 3 is 2.48 bits per heavy atom. The Morgan fingerprint density at radius 1 is 1.05 bits per heavy atom. The van der Waals surface area contributed by atoms with Crippen LogP contribution in [0.15, 0.2) is 22.9 Å². The maximum Gasteiger partial charge on any atom is 0.243 e. The van der Waals surface area contributed by atoms with Gasteiger partial charge in [0.15, 0.2) is 0 Å². The highest BCUT2D eigenvalue weighted by atomic mass is 15.4. The minimum atomic E-state index is 0.592. The molecule has 21 heavy (non-hydrogen) atoms. The van der Waals surface area contributed by atoms with Gasteiger partial charge in [-0.15, -0.1) is 0 Å². The van der Waals surface area contributed by atoms with Crippen LogP contribution in [0.25, 0.3) is 0 Å². The van der Waals surface area contributed by atoms with E-state index in [-0.39, 0.29) is 0 Å². The summed E-state index contributed by atoms with van der Waals surface area (Å²) in [6, 6.07) is 1.97. The van der Waals surface area contributed by atoms with Crippen molar-refractivity contribution in [3.63, 3.8) is 0 Å². The zero-order valence-corrected chi connectivity index (χ0v) is 12.9. The van der Waals surface area contributed by atoms with Crippen LogP contribution < -0.4 is 10.3 Å². The molecule has 0 unspecified atom stereocenters. The number of nitrogens with zero attached hydrogens (tertiary/aromatic N) is 3. The Balaban J connectivity index is 1.71. The largest absolute Gasteiger partial charge is 0.306 e. The van der Waals surface area contributed by atoms with Crippen molar-refractivity contribution in [1.82, 2.24) is 9.97 Å². The molecule has 1 aromatic heterocycles. The van der Waals surface area contributed by atoms with Gasteiger partial charge < -0.3 is 4.90 Å². The molecule has 0 aromatic carbocycles. The molecule has 0 atom stereocenters. The lowest BCUT2D eigenvalue weighted by Crippen LogP contribution is -3.08. The van der Waals surface area contributed by atoms with E-state index in [1.807, 2.05) is 19.9 Å². The van der Waals surface area contributed by atoms with Crippen molar-refractivity contribution in [3.8, 4) is 0 Å². The molecule has 0 amide bonds. The van der Waals surface area contributed by atoms with Gasteiger partial charge in [0, 0.05) is 36.7 Å². The number of allylic oxidation sites excluding steroid dienone is 2. The molecule has 0 spiro atoms. The Morgan fingerprint density at radius 2 is 1.76 bits per heavy atom. The fraction of sp³-hybridized carbons (Fsp3) is 0.562. The summed E-state index contributed by atoms with van der Waals surface area (Å²) < 4.78 is 0. The molecular formula is C16H24N5+. The normalized spacial score (nSPS) is 21.6. The highest BCUT2D eigenvalue weighted by molar-refractivity contribution is 5.96. The second kappa shape index (κ2) is 6.35. The van der Waals surface area contributed by atoms with Crippen LogP contribution >= 0.6 is 0 Å². The van der Waals surface area contributed by atoms with Crippen LogP contribution in [-0.2, 0) is 0 Å². The van der Waals surface area contributed by atoms with Crippen molar-refractivity contribution in [2.24, 2.45) is 5.10 Å². The predicted molar refractivity (Wildman–Crippen MR) is 84.4 cm³/mol. The van der Waals surface area contributed by atoms with E-state index < -0.39 is 0 Å². The van der Waals surface area contributed by atoms with E-state index >= 15 is 0 Å². The quantitative estimate of drug-likeness (QED) is 0.830. The maximum absolute atomic E-state index is 4.51. The summed E-state index contributed by atoms with van der Waals surface area (Å²) in [5, 5.41) is 4.51. The van der Waals surface area contributed by atoms with Crippen LogP contribution in [0.4, 0.5) is 5.95 Å². The monoisotopic (exact) mass is 286 g/mol. The smallest absolute Gasteiger partial charge is 0.243 e. The maximum atomic E-state index is 4.51. The molecule has 112 valence electrons. The second-order valence-electron chi connectivity index (χ2n) is 6.02. The van der Waals surface area contributed by atoms with E-state index in [0.717, 1.165) is 23.5 Å². The average molecular weight is 286 g/mol. The first-order valence-corrected chi connectivity index (χ1v) is 7.91. The third kappa shape index (κ3) is 3.67. The van der Waals surface area contributed by atoms with E-state index in [9.17, 15) is 0 Å². The minimum Gasteiger partial charge on any atom is -0.306 e. The van der Waals surface area contributed by atoms with Crippen LogP contribution in [0, 0.1) is 13.8 Å². The topological polar surface area (TPSA) is 54.6 Å². The highest BCUT2D eigenvalue weighted by Crippen LogP contribution is 2.13. The first kappa shape index (κ1) is 14.2. The standard InChI is InChI=1S/C16H23N5/c1-12-10-13(2)18-16(17-12)20-19-14-6-5-7-15(11-14)21-8-3-4-9-21/h10-11H,3-9H2,1-2H3,(H,17,18,20)/p+1/b19-14-. The predicted octanol–water partition coefficient (Wildman–Crippen LogP) is 1.61. The molecule has 2 N–H and O–H groups in total. The number of hydrogen-bond donors (Lipinski definition) is 2. The molecule has 1 fully saturated rings. The van der Waals surface area contributed by atoms with E-state index in [1.165, 1.54) is 44.5 Å². The summed E-state index contributed by atoms with van der Waals surface area (Å²) in [4.78, 5) is 10.4. The lowest BCUT2D eigenvalue weighted by atomic mass is 10.0. The lowest BCUT2D eigenvalue weighted by molar-refractivity contribution is -0.848. The summed E-state index contributed by atoms with van der Waals surface area (Å²) in [6.07, 6.45) is 8.44. The summed E-state index contributed by atoms with van der Waals surface area (Å²) in [5.41, 5.74) is 7.60. The van der Waals surface area contributed by atoms with Crippen molar-refractivity contribution in [2.45, 2.75) is 46.0 Å². The van der Waals surface area contributed by atoms with Crippen LogP contribution in [0.3, 0.4) is 0 Å². The number of nitrogens with one attached hydrogen (secondary N) is 2. The second-order valence-corrected chi connectivity index (χ2v) is 6.02. The highest BCUT2D eigenvalue weighted by Gasteiger charge is 2.23. The van der Waals surface area contributed by atoms with E-state index in [4.69, 9.17) is 0 Å². The van der Waals surface area contributed by atoms with Crippen LogP contribution in [0.5, 0.6) is 0 Å². The number of likely N-dealkylation sites (tertiary alicyclic amines) is 1. The van der Waals surface area contributed by atoms with Crippen molar-refractivity contribution >= 4 is 11.7 Å². The van der Waals surface area contributed by atoms with Gasteiger partial charge in [-0.3, -0.25) is 0 Å². The van der Waals surface area contributed by atoms with Crippen molar-refractivity contribution in [1.29, 1.82) is 0 Å². The number of rotatable bonds is 3. The van der Waals surface area contributed by atoms with Crippen molar-refractivity contribution in [2.75, 3.05) is 18.5 Å². The summed E-state index contributed by atoms with van der Waals surface area (Å²) in [7, 11) is 0. The molecular weight excluding hydrogens is 262 g/mol. The average Bonchev–Trinajstić information content (AvgIpc) is 2.99. The molecule has 1 aliphatic heterocycles. The van der Waals surface area contributed by atoms with E-state index in [1.54, 1.807) is 4.90 Å². The molecule has 1 aromatic rings. The zero-order chi connectivity index (χ0) is 14.7. The third-order valence-electron chi connectivity index (χ3n) is 4.16. The Kier molecular flexibility index (Phi) is 4.29. The van der Waals surface area contributed by atoms with Gasteiger partial charge in [0.05, 0.1) is 18.8 Å². The first-order chi connectivity index (χ1) is 10.2. The summed E-state index contributed by atoms with van der Waals surface area (Å²) >= 11 is 0. The number of aromatic nitrogens is 2. The Hall–Kier alpha value is -1.75. The fourth-order valence-electron chi connectivity index (χ4n) is 3.19. The van der Waals surface area contributed by atoms with Crippen LogP contribution in [0.1, 0.15) is 43.5 Å². The molecule has 0 radical (unpaired) electrons. The van der Waals surface area contributed by atoms with Gasteiger partial charge in [-0.25, -0.2) is 15.4 Å². The van der Waals surface area contributed by atoms with E-state index in [2.05, 4.69) is 26.6 Å². The SMILES string of the molecule is Cc1cc(C)nc(N/N=C2\C=C([NH+]3CCCC3)CCC2)n1. The zero-order valence-electron chi connectivity index (χ0n) is 12.9. The number of aryl methyl sites for hydroxylation is 2. The molecule has 5 nitrogen and oxygen atoms in total. The van der Waals surface area contributed by atoms with Gasteiger partial charge in [-0.1, -0.05) is 0 Å². The lowest BCUT2D eigenvalue weighted by Gasteiger charge is -2.19. The van der Waals surface area contributed by atoms with Gasteiger partial charge in [0.1, 0.15) is 5.70 Å². The molecule has 1 aliphatic carbocycles. The first-order valence-electron chi connectivity index (χ1n) is 7.91. The number of anilines is 1. The molecule has 2 aliphatic rings.